The van der Waals surface area contributed by atoms with Crippen LogP contribution in [0.15, 0.2) is 42.9 Å². The molecule has 0 spiro atoms. The van der Waals surface area contributed by atoms with E-state index in [1.807, 2.05) is 30.3 Å². The highest BCUT2D eigenvalue weighted by Crippen LogP contribution is 2.29. The van der Waals surface area contributed by atoms with Gasteiger partial charge in [-0.3, -0.25) is 4.98 Å². The Bertz CT molecular complexity index is 985. The van der Waals surface area contributed by atoms with Gasteiger partial charge in [-0.15, -0.1) is 0 Å². The van der Waals surface area contributed by atoms with Crippen molar-refractivity contribution in [3.05, 3.63) is 42.9 Å². The molecule has 0 saturated carbocycles. The van der Waals surface area contributed by atoms with Gasteiger partial charge in [0.25, 0.3) is 0 Å². The fourth-order valence-electron chi connectivity index (χ4n) is 4.50. The van der Waals surface area contributed by atoms with Crippen molar-refractivity contribution in [2.75, 3.05) is 22.9 Å². The third-order valence-electron chi connectivity index (χ3n) is 6.61. The first-order valence-electron chi connectivity index (χ1n) is 13.7. The number of nitrogen functional groups attached to an aromatic ring is 1. The highest BCUT2D eigenvalue weighted by Gasteiger charge is 2.10. The van der Waals surface area contributed by atoms with E-state index in [0.29, 0.717) is 17.3 Å². The quantitative estimate of drug-likeness (QED) is 0.160. The Morgan fingerprint density at radius 2 is 1.31 bits per heavy atom. The summed E-state index contributed by atoms with van der Waals surface area (Å²) in [6.45, 7) is 3.15. The number of nitrogens with two attached hydrogens (primary N) is 1. The molecule has 0 aliphatic heterocycles. The van der Waals surface area contributed by atoms with E-state index in [1.54, 1.807) is 12.5 Å². The summed E-state index contributed by atoms with van der Waals surface area (Å²) in [7, 11) is 0. The van der Waals surface area contributed by atoms with Crippen LogP contribution in [0.3, 0.4) is 0 Å². The fraction of sp³-hybridized carbons (Fsp3) is 0.552. The van der Waals surface area contributed by atoms with Gasteiger partial charge >= 0.3 is 0 Å². The zero-order valence-electron chi connectivity index (χ0n) is 21.6. The predicted molar refractivity (Wildman–Crippen MR) is 150 cm³/mol. The molecule has 0 aliphatic carbocycles. The van der Waals surface area contributed by atoms with Gasteiger partial charge in [-0.1, -0.05) is 96.5 Å². The summed E-state index contributed by atoms with van der Waals surface area (Å²) < 4.78 is 0. The summed E-state index contributed by atoms with van der Waals surface area (Å²) in [5.74, 6) is 1.30. The Morgan fingerprint density at radius 1 is 0.686 bits per heavy atom. The van der Waals surface area contributed by atoms with Crippen LogP contribution in [0, 0.1) is 0 Å². The molecule has 3 rings (SSSR count). The van der Waals surface area contributed by atoms with E-state index in [-0.39, 0.29) is 0 Å². The number of unbranched alkanes of at least 4 members (excludes halogenated alkanes) is 13. The number of anilines is 4. The van der Waals surface area contributed by atoms with Crippen molar-refractivity contribution >= 4 is 33.9 Å². The van der Waals surface area contributed by atoms with E-state index in [4.69, 9.17) is 5.73 Å². The predicted octanol–water partition coefficient (Wildman–Crippen LogP) is 8.24. The van der Waals surface area contributed by atoms with Gasteiger partial charge in [0.15, 0.2) is 11.6 Å². The lowest BCUT2D eigenvalue weighted by atomic mass is 10.0. The molecule has 2 aromatic heterocycles. The van der Waals surface area contributed by atoms with Gasteiger partial charge in [0.2, 0.25) is 0 Å². The van der Waals surface area contributed by atoms with Gasteiger partial charge in [0.05, 0.1) is 5.52 Å². The fourth-order valence-corrected chi connectivity index (χ4v) is 4.50. The molecular weight excluding hydrogens is 432 g/mol. The molecule has 6 nitrogen and oxygen atoms in total. The molecule has 2 heterocycles. The molecule has 0 radical (unpaired) electrons. The minimum Gasteiger partial charge on any atom is -0.393 e. The first-order valence-corrected chi connectivity index (χ1v) is 13.7. The summed E-state index contributed by atoms with van der Waals surface area (Å²) in [6.07, 6.45) is 22.4. The Labute approximate surface area is 211 Å². The molecule has 35 heavy (non-hydrogen) atoms. The zero-order valence-corrected chi connectivity index (χ0v) is 21.6. The van der Waals surface area contributed by atoms with Gasteiger partial charge in [-0.25, -0.2) is 9.97 Å². The molecule has 4 N–H and O–H groups in total. The molecule has 0 atom stereocenters. The maximum Gasteiger partial charge on any atom is 0.159 e. The maximum absolute atomic E-state index is 6.37. The van der Waals surface area contributed by atoms with Gasteiger partial charge in [-0.05, 0) is 30.7 Å². The van der Waals surface area contributed by atoms with Crippen molar-refractivity contribution in [2.45, 2.75) is 96.8 Å². The molecule has 0 unspecified atom stereocenters. The largest absolute Gasteiger partial charge is 0.393 e. The average Bonchev–Trinajstić information content (AvgIpc) is 2.88. The molecule has 0 saturated heterocycles. The molecule has 0 bridgehead atoms. The summed E-state index contributed by atoms with van der Waals surface area (Å²) in [4.78, 5) is 13.1. The minimum absolute atomic E-state index is 0.541. The third-order valence-corrected chi connectivity index (χ3v) is 6.61. The SMILES string of the molecule is CCCCCCCCCCCCCCCCNc1ncnc(Nc2cccc3ncccc23)c1N. The molecule has 0 fully saturated rings. The average molecular weight is 477 g/mol. The highest BCUT2D eigenvalue weighted by molar-refractivity contribution is 5.94. The Hall–Kier alpha value is -2.89. The number of pyridine rings is 1. The number of rotatable bonds is 18. The second-order valence-corrected chi connectivity index (χ2v) is 9.51. The van der Waals surface area contributed by atoms with E-state index >= 15 is 0 Å². The van der Waals surface area contributed by atoms with Crippen molar-refractivity contribution in [3.63, 3.8) is 0 Å². The zero-order chi connectivity index (χ0) is 24.6. The van der Waals surface area contributed by atoms with Gasteiger partial charge < -0.3 is 16.4 Å². The minimum atomic E-state index is 0.541. The lowest BCUT2D eigenvalue weighted by Crippen LogP contribution is -2.09. The topological polar surface area (TPSA) is 88.8 Å². The van der Waals surface area contributed by atoms with E-state index in [9.17, 15) is 0 Å². The van der Waals surface area contributed by atoms with Crippen LogP contribution in [0.4, 0.5) is 23.0 Å². The summed E-state index contributed by atoms with van der Waals surface area (Å²) in [6, 6.07) is 9.95. The standard InChI is InChI=1S/C29H44N6/c1-2-3-4-5-6-7-8-9-10-11-12-13-14-15-21-32-28-27(30)29(34-23-33-28)35-26-20-16-19-25-24(26)18-17-22-31-25/h16-20,22-23H,2-15,21,30H2,1H3,(H2,32,33,34,35). The van der Waals surface area contributed by atoms with Crippen molar-refractivity contribution in [1.82, 2.24) is 15.0 Å². The third kappa shape index (κ3) is 9.35. The Balaban J connectivity index is 1.28. The molecule has 0 aliphatic rings. The van der Waals surface area contributed by atoms with Crippen molar-refractivity contribution in [1.29, 1.82) is 0 Å². The second-order valence-electron chi connectivity index (χ2n) is 9.51. The lowest BCUT2D eigenvalue weighted by molar-refractivity contribution is 0.537. The highest BCUT2D eigenvalue weighted by atomic mass is 15.1. The number of hydrogen-bond donors (Lipinski definition) is 3. The monoisotopic (exact) mass is 476 g/mol. The van der Waals surface area contributed by atoms with E-state index < -0.39 is 0 Å². The van der Waals surface area contributed by atoms with Gasteiger partial charge in [-0.2, -0.15) is 0 Å². The number of fused-ring (bicyclic) bond motifs is 1. The molecule has 0 amide bonds. The van der Waals surface area contributed by atoms with Crippen molar-refractivity contribution in [3.8, 4) is 0 Å². The van der Waals surface area contributed by atoms with Crippen LogP contribution < -0.4 is 16.4 Å². The molecule has 190 valence electrons. The number of nitrogens with zero attached hydrogens (tertiary/aromatic N) is 3. The van der Waals surface area contributed by atoms with E-state index in [0.717, 1.165) is 29.6 Å². The van der Waals surface area contributed by atoms with Gasteiger partial charge in [0, 0.05) is 23.8 Å². The number of hydrogen-bond acceptors (Lipinski definition) is 6. The van der Waals surface area contributed by atoms with Crippen LogP contribution >= 0.6 is 0 Å². The van der Waals surface area contributed by atoms with E-state index in [1.165, 1.54) is 83.5 Å². The van der Waals surface area contributed by atoms with Crippen LogP contribution in [-0.4, -0.2) is 21.5 Å². The van der Waals surface area contributed by atoms with Crippen LogP contribution in [0.25, 0.3) is 10.9 Å². The Morgan fingerprint density at radius 3 is 2.00 bits per heavy atom. The molecule has 1 aromatic carbocycles. The molecular formula is C29H44N6. The molecule has 6 heteroatoms. The smallest absolute Gasteiger partial charge is 0.159 e. The number of nitrogens with one attached hydrogen (secondary N) is 2. The van der Waals surface area contributed by atoms with Gasteiger partial charge in [0.1, 0.15) is 12.0 Å². The van der Waals surface area contributed by atoms with Crippen LogP contribution in [0.2, 0.25) is 0 Å². The second kappa shape index (κ2) is 15.9. The van der Waals surface area contributed by atoms with Crippen LogP contribution in [-0.2, 0) is 0 Å². The summed E-state index contributed by atoms with van der Waals surface area (Å²) in [5, 5.41) is 7.78. The van der Waals surface area contributed by atoms with Crippen molar-refractivity contribution in [2.24, 2.45) is 0 Å². The lowest BCUT2D eigenvalue weighted by Gasteiger charge is -2.13. The number of aromatic nitrogens is 3. The van der Waals surface area contributed by atoms with E-state index in [2.05, 4.69) is 32.5 Å². The van der Waals surface area contributed by atoms with Crippen LogP contribution in [0.1, 0.15) is 96.8 Å². The normalized spacial score (nSPS) is 11.1. The van der Waals surface area contributed by atoms with Crippen molar-refractivity contribution < 1.29 is 0 Å². The maximum atomic E-state index is 6.37. The Kier molecular flexibility index (Phi) is 12.1. The van der Waals surface area contributed by atoms with Crippen LogP contribution in [0.5, 0.6) is 0 Å². The summed E-state index contributed by atoms with van der Waals surface area (Å²) in [5.41, 5.74) is 8.77. The summed E-state index contributed by atoms with van der Waals surface area (Å²) >= 11 is 0. The first-order chi connectivity index (χ1) is 17.3. The molecule has 3 aromatic rings. The first kappa shape index (κ1) is 26.7. The number of benzene rings is 1.